The van der Waals surface area contributed by atoms with Gasteiger partial charge >= 0.3 is 0 Å². The van der Waals surface area contributed by atoms with E-state index in [1.54, 1.807) is 25.1 Å². The summed E-state index contributed by atoms with van der Waals surface area (Å²) in [5.74, 6) is -1.41. The molecule has 0 heterocycles. The van der Waals surface area contributed by atoms with Crippen LogP contribution in [-0.4, -0.2) is 32.8 Å². The minimum atomic E-state index is -3.79. The normalized spacial score (nSPS) is 11.4. The fraction of sp³-hybridized carbons (Fsp3) is 0.235. The molecule has 5 nitrogen and oxygen atoms in total. The Kier molecular flexibility index (Phi) is 6.63. The largest absolute Gasteiger partial charge is 0.335 e. The van der Waals surface area contributed by atoms with Gasteiger partial charge in [0.05, 0.1) is 20.5 Å². The van der Waals surface area contributed by atoms with Crippen LogP contribution in [-0.2, 0) is 16.6 Å². The average Bonchev–Trinajstić information content (AvgIpc) is 2.62. The molecule has 26 heavy (non-hydrogen) atoms. The second kappa shape index (κ2) is 8.35. The Balaban J connectivity index is 2.35. The first-order chi connectivity index (χ1) is 12.2. The van der Waals surface area contributed by atoms with E-state index in [0.29, 0.717) is 22.2 Å². The number of halogens is 3. The van der Waals surface area contributed by atoms with Crippen molar-refractivity contribution in [3.63, 3.8) is 0 Å². The molecule has 0 radical (unpaired) electrons. The highest BCUT2D eigenvalue weighted by Gasteiger charge is 2.22. The van der Waals surface area contributed by atoms with Crippen LogP contribution in [0.25, 0.3) is 0 Å². The summed E-state index contributed by atoms with van der Waals surface area (Å²) >= 11 is 11.9. The van der Waals surface area contributed by atoms with E-state index in [2.05, 4.69) is 4.72 Å². The van der Waals surface area contributed by atoms with Gasteiger partial charge in [0.25, 0.3) is 5.91 Å². The van der Waals surface area contributed by atoms with Gasteiger partial charge < -0.3 is 4.90 Å². The SMILES string of the molecule is CCN(Cc1ccc(Cl)c(Cl)c1)C(=O)c1cc(S(=O)(=O)NC)ccc1F. The number of amides is 1. The van der Waals surface area contributed by atoms with Gasteiger partial charge in [-0.1, -0.05) is 29.3 Å². The van der Waals surface area contributed by atoms with E-state index in [9.17, 15) is 17.6 Å². The highest BCUT2D eigenvalue weighted by atomic mass is 35.5. The predicted molar refractivity (Wildman–Crippen MR) is 99.5 cm³/mol. The molecule has 0 saturated carbocycles. The Morgan fingerprint density at radius 2 is 1.85 bits per heavy atom. The van der Waals surface area contributed by atoms with E-state index in [-0.39, 0.29) is 17.0 Å². The van der Waals surface area contributed by atoms with Crippen molar-refractivity contribution in [3.05, 3.63) is 63.4 Å². The average molecular weight is 419 g/mol. The zero-order valence-electron chi connectivity index (χ0n) is 14.1. The first kappa shape index (κ1) is 20.6. The van der Waals surface area contributed by atoms with E-state index in [4.69, 9.17) is 23.2 Å². The van der Waals surface area contributed by atoms with E-state index >= 15 is 0 Å². The lowest BCUT2D eigenvalue weighted by Gasteiger charge is -2.22. The Morgan fingerprint density at radius 1 is 1.15 bits per heavy atom. The fourth-order valence-electron chi connectivity index (χ4n) is 2.31. The maximum Gasteiger partial charge on any atom is 0.257 e. The second-order valence-electron chi connectivity index (χ2n) is 5.42. The quantitative estimate of drug-likeness (QED) is 0.777. The summed E-state index contributed by atoms with van der Waals surface area (Å²) in [6.07, 6.45) is 0. The van der Waals surface area contributed by atoms with E-state index < -0.39 is 21.7 Å². The van der Waals surface area contributed by atoms with Crippen molar-refractivity contribution in [3.8, 4) is 0 Å². The number of sulfonamides is 1. The van der Waals surface area contributed by atoms with E-state index in [1.807, 2.05) is 0 Å². The first-order valence-electron chi connectivity index (χ1n) is 7.66. The predicted octanol–water partition coefficient (Wildman–Crippen LogP) is 3.70. The maximum atomic E-state index is 14.2. The molecular weight excluding hydrogens is 402 g/mol. The van der Waals surface area contributed by atoms with Gasteiger partial charge in [-0.3, -0.25) is 4.79 Å². The molecule has 1 amide bonds. The molecule has 9 heteroatoms. The van der Waals surface area contributed by atoms with Gasteiger partial charge in [0.2, 0.25) is 10.0 Å². The van der Waals surface area contributed by atoms with Crippen LogP contribution >= 0.6 is 23.2 Å². The summed E-state index contributed by atoms with van der Waals surface area (Å²) in [4.78, 5) is 13.9. The van der Waals surface area contributed by atoms with Gasteiger partial charge in [-0.05, 0) is 49.9 Å². The summed E-state index contributed by atoms with van der Waals surface area (Å²) in [6, 6.07) is 8.04. The molecule has 0 fully saturated rings. The smallest absolute Gasteiger partial charge is 0.257 e. The van der Waals surface area contributed by atoms with E-state index in [0.717, 1.165) is 18.2 Å². The van der Waals surface area contributed by atoms with Crippen molar-refractivity contribution in [2.45, 2.75) is 18.4 Å². The van der Waals surface area contributed by atoms with Crippen molar-refractivity contribution >= 4 is 39.1 Å². The Hall–Kier alpha value is -1.67. The van der Waals surface area contributed by atoms with Crippen molar-refractivity contribution in [2.75, 3.05) is 13.6 Å². The molecule has 0 aliphatic rings. The lowest BCUT2D eigenvalue weighted by atomic mass is 10.1. The Bertz CT molecular complexity index is 936. The first-order valence-corrected chi connectivity index (χ1v) is 9.89. The third-order valence-corrected chi connectivity index (χ3v) is 5.92. The molecule has 0 atom stereocenters. The summed E-state index contributed by atoms with van der Waals surface area (Å²) < 4.78 is 40.1. The summed E-state index contributed by atoms with van der Waals surface area (Å²) in [6.45, 7) is 2.21. The molecule has 2 rings (SSSR count). The van der Waals surface area contributed by atoms with Crippen molar-refractivity contribution in [1.82, 2.24) is 9.62 Å². The number of nitrogens with one attached hydrogen (secondary N) is 1. The van der Waals surface area contributed by atoms with Crippen LogP contribution in [0.3, 0.4) is 0 Å². The topological polar surface area (TPSA) is 66.5 Å². The van der Waals surface area contributed by atoms with E-state index in [1.165, 1.54) is 11.9 Å². The van der Waals surface area contributed by atoms with Crippen LogP contribution in [0, 0.1) is 5.82 Å². The fourth-order valence-corrected chi connectivity index (χ4v) is 3.39. The number of hydrogen-bond donors (Lipinski definition) is 1. The molecule has 0 saturated heterocycles. The number of hydrogen-bond acceptors (Lipinski definition) is 3. The summed E-state index contributed by atoms with van der Waals surface area (Å²) in [5.41, 5.74) is 0.400. The molecule has 2 aromatic rings. The number of benzene rings is 2. The van der Waals surface area contributed by atoms with Crippen LogP contribution in [0.4, 0.5) is 4.39 Å². The van der Waals surface area contributed by atoms with Gasteiger partial charge in [0.1, 0.15) is 5.82 Å². The molecule has 0 unspecified atom stereocenters. The lowest BCUT2D eigenvalue weighted by molar-refractivity contribution is 0.0747. The third kappa shape index (κ3) is 4.54. The minimum Gasteiger partial charge on any atom is -0.335 e. The zero-order valence-corrected chi connectivity index (χ0v) is 16.4. The molecule has 0 aliphatic carbocycles. The van der Waals surface area contributed by atoms with Crippen LogP contribution in [0.1, 0.15) is 22.8 Å². The molecule has 0 bridgehead atoms. The Morgan fingerprint density at radius 3 is 2.42 bits per heavy atom. The minimum absolute atomic E-state index is 0.175. The number of carbonyl (C=O) groups is 1. The molecule has 0 spiro atoms. The third-order valence-electron chi connectivity index (χ3n) is 3.77. The molecule has 2 aromatic carbocycles. The summed E-state index contributed by atoms with van der Waals surface area (Å²) in [5, 5.41) is 0.738. The van der Waals surface area contributed by atoms with Crippen molar-refractivity contribution < 1.29 is 17.6 Å². The summed E-state index contributed by atoms with van der Waals surface area (Å²) in [7, 11) is -2.55. The van der Waals surface area contributed by atoms with Gasteiger partial charge in [0.15, 0.2) is 0 Å². The lowest BCUT2D eigenvalue weighted by Crippen LogP contribution is -2.31. The van der Waals surface area contributed by atoms with Crippen LogP contribution < -0.4 is 4.72 Å². The van der Waals surface area contributed by atoms with Gasteiger partial charge in [-0.25, -0.2) is 17.5 Å². The molecule has 0 aromatic heterocycles. The maximum absolute atomic E-state index is 14.2. The van der Waals surface area contributed by atoms with Gasteiger partial charge in [-0.2, -0.15) is 0 Å². The highest BCUT2D eigenvalue weighted by Crippen LogP contribution is 2.24. The Labute approximate surface area is 161 Å². The van der Waals surface area contributed by atoms with Crippen molar-refractivity contribution in [2.24, 2.45) is 0 Å². The highest BCUT2D eigenvalue weighted by molar-refractivity contribution is 7.89. The molecule has 140 valence electrons. The van der Waals surface area contributed by atoms with Crippen LogP contribution in [0.2, 0.25) is 10.0 Å². The van der Waals surface area contributed by atoms with Crippen molar-refractivity contribution in [1.29, 1.82) is 0 Å². The molecule has 1 N–H and O–H groups in total. The van der Waals surface area contributed by atoms with Gasteiger partial charge in [0, 0.05) is 13.1 Å². The van der Waals surface area contributed by atoms with Crippen LogP contribution in [0.15, 0.2) is 41.3 Å². The molecule has 0 aliphatic heterocycles. The zero-order chi connectivity index (χ0) is 19.5. The molecular formula is C17H17Cl2FN2O3S. The second-order valence-corrected chi connectivity index (χ2v) is 8.12. The monoisotopic (exact) mass is 418 g/mol. The van der Waals surface area contributed by atoms with Gasteiger partial charge in [-0.15, -0.1) is 0 Å². The number of rotatable bonds is 6. The number of carbonyl (C=O) groups excluding carboxylic acids is 1. The standard InChI is InChI=1S/C17H17Cl2FN2O3S/c1-3-22(10-11-4-6-14(18)15(19)8-11)17(23)13-9-12(5-7-16(13)20)26(24,25)21-2/h4-9,21H,3,10H2,1-2H3. The van der Waals surface area contributed by atoms with Crippen LogP contribution in [0.5, 0.6) is 0 Å². The number of nitrogens with zero attached hydrogens (tertiary/aromatic N) is 1.